The topological polar surface area (TPSA) is 107 Å². The Kier molecular flexibility index (Phi) is 8.39. The second kappa shape index (κ2) is 11.0. The minimum absolute atomic E-state index is 0.0115. The van der Waals surface area contributed by atoms with Crippen molar-refractivity contribution >= 4 is 46.3 Å². The molecule has 0 atom stereocenters. The number of rotatable bonds is 7. The number of carbonyl (C=O) groups is 2. The molecule has 166 valence electrons. The summed E-state index contributed by atoms with van der Waals surface area (Å²) in [7, 11) is 1.71. The second-order valence-electron chi connectivity index (χ2n) is 7.09. The molecule has 32 heavy (non-hydrogen) atoms. The zero-order valence-electron chi connectivity index (χ0n) is 18.4. The number of nitriles is 1. The Hall–Kier alpha value is -3.82. The first-order chi connectivity index (χ1) is 15.2. The van der Waals surface area contributed by atoms with E-state index >= 15 is 0 Å². The molecular formula is C23H25N5O3S. The Morgan fingerprint density at radius 1 is 1.38 bits per heavy atom. The third-order valence-electron chi connectivity index (χ3n) is 4.56. The zero-order chi connectivity index (χ0) is 23.8. The van der Waals surface area contributed by atoms with Crippen molar-refractivity contribution in [1.82, 2.24) is 9.88 Å². The first kappa shape index (κ1) is 24.4. The molecule has 0 bridgehead atoms. The molecule has 8 nitrogen and oxygen atoms in total. The van der Waals surface area contributed by atoms with Crippen LogP contribution in [-0.4, -0.2) is 30.0 Å². The van der Waals surface area contributed by atoms with Crippen molar-refractivity contribution in [3.8, 4) is 18.4 Å². The van der Waals surface area contributed by atoms with Gasteiger partial charge in [-0.3, -0.25) is 19.0 Å². The van der Waals surface area contributed by atoms with Crippen LogP contribution in [0, 0.1) is 29.6 Å². The molecule has 1 aromatic carbocycles. The normalized spacial score (nSPS) is 12.0. The zero-order valence-corrected chi connectivity index (χ0v) is 19.2. The minimum atomic E-state index is -0.626. The van der Waals surface area contributed by atoms with Crippen molar-refractivity contribution in [3.63, 3.8) is 0 Å². The first-order valence-electron chi connectivity index (χ1n) is 9.95. The number of benzene rings is 1. The lowest BCUT2D eigenvalue weighted by molar-refractivity contribution is -0.121. The standard InChI is InChI=1S/C23H25N5O3S/c1-6-11-25-20(29)18(13-24)23-28(7-2)22(31)19(32-23)14-26-16-9-8-10-17(12-16)27(5)21(30)15(3)4/h1,8-10,12,14-15,26H,7,11H2,2-5H3,(H,25,29). The summed E-state index contributed by atoms with van der Waals surface area (Å²) in [6.07, 6.45) is 6.68. The summed E-state index contributed by atoms with van der Waals surface area (Å²) in [5.41, 5.74) is 0.908. The predicted molar refractivity (Wildman–Crippen MR) is 127 cm³/mol. The summed E-state index contributed by atoms with van der Waals surface area (Å²) in [5, 5.41) is 15.0. The maximum absolute atomic E-state index is 12.8. The average Bonchev–Trinajstić information content (AvgIpc) is 3.10. The summed E-state index contributed by atoms with van der Waals surface area (Å²) in [6.45, 7) is 5.70. The van der Waals surface area contributed by atoms with Gasteiger partial charge < -0.3 is 15.5 Å². The van der Waals surface area contributed by atoms with E-state index in [2.05, 4.69) is 16.6 Å². The Balaban J connectivity index is 2.47. The number of terminal acetylenes is 1. The fourth-order valence-corrected chi connectivity index (χ4v) is 3.96. The lowest BCUT2D eigenvalue weighted by atomic mass is 10.1. The third kappa shape index (κ3) is 5.45. The van der Waals surface area contributed by atoms with Gasteiger partial charge >= 0.3 is 0 Å². The van der Waals surface area contributed by atoms with E-state index in [0.717, 1.165) is 11.3 Å². The predicted octanol–water partition coefficient (Wildman–Crippen LogP) is 0.822. The van der Waals surface area contributed by atoms with Gasteiger partial charge in [-0.05, 0) is 25.1 Å². The lowest BCUT2D eigenvalue weighted by Crippen LogP contribution is -2.34. The summed E-state index contributed by atoms with van der Waals surface area (Å²) in [4.78, 5) is 38.9. The van der Waals surface area contributed by atoms with E-state index in [1.807, 2.05) is 26.0 Å². The Labute approximate surface area is 190 Å². The van der Waals surface area contributed by atoms with Crippen molar-refractivity contribution in [2.45, 2.75) is 27.3 Å². The molecule has 0 unspecified atom stereocenters. The SMILES string of the molecule is C#CCNC(=O)C(C#N)=c1sc(=CNc2cccc(N(C)C(=O)C(C)C)c2)c(=O)n1CC. The van der Waals surface area contributed by atoms with Crippen LogP contribution in [0.3, 0.4) is 0 Å². The number of nitrogens with one attached hydrogen (secondary N) is 2. The fraction of sp³-hybridized carbons (Fsp3) is 0.304. The van der Waals surface area contributed by atoms with Gasteiger partial charge in [-0.2, -0.15) is 5.26 Å². The highest BCUT2D eigenvalue weighted by atomic mass is 32.1. The largest absolute Gasteiger partial charge is 0.360 e. The molecule has 0 aliphatic carbocycles. The Bertz CT molecular complexity index is 1270. The summed E-state index contributed by atoms with van der Waals surface area (Å²) in [6, 6.07) is 9.10. The van der Waals surface area contributed by atoms with Gasteiger partial charge in [-0.1, -0.05) is 25.8 Å². The van der Waals surface area contributed by atoms with Gasteiger partial charge in [0.1, 0.15) is 15.3 Å². The van der Waals surface area contributed by atoms with E-state index in [1.54, 1.807) is 37.1 Å². The highest BCUT2D eigenvalue weighted by Crippen LogP contribution is 2.20. The van der Waals surface area contributed by atoms with Gasteiger partial charge in [0, 0.05) is 37.1 Å². The average molecular weight is 452 g/mol. The Morgan fingerprint density at radius 2 is 2.09 bits per heavy atom. The van der Waals surface area contributed by atoms with Crippen molar-refractivity contribution in [2.24, 2.45) is 5.92 Å². The van der Waals surface area contributed by atoms with Gasteiger partial charge in [0.2, 0.25) is 5.91 Å². The van der Waals surface area contributed by atoms with Crippen molar-refractivity contribution in [1.29, 1.82) is 5.26 Å². The van der Waals surface area contributed by atoms with Gasteiger partial charge in [-0.15, -0.1) is 17.8 Å². The lowest BCUT2D eigenvalue weighted by Gasteiger charge is -2.20. The van der Waals surface area contributed by atoms with Crippen LogP contribution in [0.4, 0.5) is 11.4 Å². The van der Waals surface area contributed by atoms with Crippen LogP contribution in [0.1, 0.15) is 20.8 Å². The van der Waals surface area contributed by atoms with Crippen LogP contribution in [0.2, 0.25) is 0 Å². The van der Waals surface area contributed by atoms with Crippen LogP contribution < -0.4 is 30.3 Å². The highest BCUT2D eigenvalue weighted by molar-refractivity contribution is 7.07. The molecule has 1 heterocycles. The van der Waals surface area contributed by atoms with Gasteiger partial charge in [0.25, 0.3) is 11.5 Å². The van der Waals surface area contributed by atoms with Crippen molar-refractivity contribution < 1.29 is 9.59 Å². The molecule has 2 N–H and O–H groups in total. The summed E-state index contributed by atoms with van der Waals surface area (Å²) >= 11 is 1.04. The molecule has 9 heteroatoms. The smallest absolute Gasteiger partial charge is 0.270 e. The van der Waals surface area contributed by atoms with E-state index in [9.17, 15) is 19.6 Å². The molecule has 0 spiro atoms. The van der Waals surface area contributed by atoms with E-state index in [1.165, 1.54) is 10.8 Å². The van der Waals surface area contributed by atoms with Gasteiger partial charge in [0.15, 0.2) is 5.57 Å². The molecule has 0 aliphatic rings. The quantitative estimate of drug-likeness (QED) is 0.606. The molecular weight excluding hydrogens is 426 g/mol. The van der Waals surface area contributed by atoms with Crippen LogP contribution in [0.5, 0.6) is 0 Å². The molecule has 0 saturated heterocycles. The van der Waals surface area contributed by atoms with Gasteiger partial charge in [-0.25, -0.2) is 0 Å². The number of amides is 2. The molecule has 2 rings (SSSR count). The summed E-state index contributed by atoms with van der Waals surface area (Å²) < 4.78 is 1.97. The molecule has 0 saturated carbocycles. The number of carbonyl (C=O) groups excluding carboxylic acids is 2. The van der Waals surface area contributed by atoms with Gasteiger partial charge in [0.05, 0.1) is 6.54 Å². The van der Waals surface area contributed by atoms with Crippen LogP contribution in [0.25, 0.3) is 11.8 Å². The number of hydrogen-bond acceptors (Lipinski definition) is 6. The second-order valence-corrected chi connectivity index (χ2v) is 8.12. The maximum Gasteiger partial charge on any atom is 0.270 e. The number of nitrogens with zero attached hydrogens (tertiary/aromatic N) is 3. The molecule has 2 amide bonds. The fourth-order valence-electron chi connectivity index (χ4n) is 2.88. The summed E-state index contributed by atoms with van der Waals surface area (Å²) in [5.74, 6) is 1.50. The van der Waals surface area contributed by atoms with E-state index in [4.69, 9.17) is 6.42 Å². The molecule has 1 aromatic heterocycles. The van der Waals surface area contributed by atoms with Crippen LogP contribution in [-0.2, 0) is 16.1 Å². The maximum atomic E-state index is 12.8. The van der Waals surface area contributed by atoms with E-state index in [0.29, 0.717) is 22.5 Å². The monoisotopic (exact) mass is 451 g/mol. The van der Waals surface area contributed by atoms with Crippen LogP contribution >= 0.6 is 11.3 Å². The molecule has 0 fully saturated rings. The minimum Gasteiger partial charge on any atom is -0.360 e. The van der Waals surface area contributed by atoms with Crippen LogP contribution in [0.15, 0.2) is 29.1 Å². The third-order valence-corrected chi connectivity index (χ3v) is 5.69. The van der Waals surface area contributed by atoms with E-state index < -0.39 is 5.91 Å². The molecule has 0 aliphatic heterocycles. The van der Waals surface area contributed by atoms with Crippen molar-refractivity contribution in [2.75, 3.05) is 23.8 Å². The molecule has 2 aromatic rings. The molecule has 0 radical (unpaired) electrons. The van der Waals surface area contributed by atoms with Crippen molar-refractivity contribution in [3.05, 3.63) is 43.8 Å². The number of aromatic nitrogens is 1. The van der Waals surface area contributed by atoms with E-state index in [-0.39, 0.29) is 34.2 Å². The number of thiazole rings is 1. The number of hydrogen-bond donors (Lipinski definition) is 2. The Morgan fingerprint density at radius 3 is 2.69 bits per heavy atom. The first-order valence-corrected chi connectivity index (χ1v) is 10.8. The highest BCUT2D eigenvalue weighted by Gasteiger charge is 2.16. The number of anilines is 2.